The van der Waals surface area contributed by atoms with Gasteiger partial charge >= 0.3 is 0 Å². The van der Waals surface area contributed by atoms with Crippen molar-refractivity contribution in [1.82, 2.24) is 5.32 Å². The number of carbonyl (C=O) groups excluding carboxylic acids is 1. The lowest BCUT2D eigenvalue weighted by Gasteiger charge is -2.34. The quantitative estimate of drug-likeness (QED) is 0.719. The second-order valence-electron chi connectivity index (χ2n) is 8.30. The monoisotopic (exact) mass is 402 g/mol. The van der Waals surface area contributed by atoms with Crippen LogP contribution in [0.2, 0.25) is 0 Å². The second-order valence-corrected chi connectivity index (χ2v) is 8.30. The van der Waals surface area contributed by atoms with Crippen LogP contribution in [0.5, 0.6) is 5.75 Å². The minimum absolute atomic E-state index is 0. The van der Waals surface area contributed by atoms with Crippen LogP contribution in [0, 0.1) is 5.41 Å². The second kappa shape index (κ2) is 9.44. The van der Waals surface area contributed by atoms with E-state index in [1.807, 2.05) is 18.2 Å². The van der Waals surface area contributed by atoms with E-state index >= 15 is 0 Å². The SMILES string of the molecule is COc1ccc(CNC2CCC(C)(C)CC2)cc1-c1ccc(C(N)=O)cc1.Cl. The van der Waals surface area contributed by atoms with Gasteiger partial charge in [0.05, 0.1) is 7.11 Å². The molecule has 1 fully saturated rings. The molecule has 3 rings (SSSR count). The molecule has 0 aliphatic heterocycles. The lowest BCUT2D eigenvalue weighted by Crippen LogP contribution is -2.35. The largest absolute Gasteiger partial charge is 0.496 e. The van der Waals surface area contributed by atoms with E-state index in [0.717, 1.165) is 23.4 Å². The lowest BCUT2D eigenvalue weighted by molar-refractivity contribution is 0.100. The Balaban J connectivity index is 0.00000280. The molecule has 0 unspecified atom stereocenters. The maximum atomic E-state index is 11.3. The van der Waals surface area contributed by atoms with Crippen molar-refractivity contribution in [1.29, 1.82) is 0 Å². The van der Waals surface area contributed by atoms with Crippen LogP contribution in [-0.4, -0.2) is 19.1 Å². The molecule has 2 aromatic carbocycles. The van der Waals surface area contributed by atoms with Gasteiger partial charge in [0.15, 0.2) is 0 Å². The van der Waals surface area contributed by atoms with E-state index in [2.05, 4.69) is 31.3 Å². The number of rotatable bonds is 6. The maximum absolute atomic E-state index is 11.3. The fourth-order valence-electron chi connectivity index (χ4n) is 3.77. The summed E-state index contributed by atoms with van der Waals surface area (Å²) >= 11 is 0. The maximum Gasteiger partial charge on any atom is 0.248 e. The van der Waals surface area contributed by atoms with Gasteiger partial charge in [-0.15, -0.1) is 12.4 Å². The average molecular weight is 403 g/mol. The van der Waals surface area contributed by atoms with Gasteiger partial charge in [-0.3, -0.25) is 4.79 Å². The van der Waals surface area contributed by atoms with Crippen molar-refractivity contribution in [2.24, 2.45) is 11.1 Å². The topological polar surface area (TPSA) is 64.3 Å². The Kier molecular flexibility index (Phi) is 7.50. The molecule has 3 N–H and O–H groups in total. The van der Waals surface area contributed by atoms with Crippen LogP contribution in [-0.2, 0) is 6.54 Å². The summed E-state index contributed by atoms with van der Waals surface area (Å²) in [6.45, 7) is 5.58. The first-order valence-electron chi connectivity index (χ1n) is 9.68. The predicted octanol–water partition coefficient (Wildman–Crippen LogP) is 4.94. The van der Waals surface area contributed by atoms with Crippen molar-refractivity contribution in [3.8, 4) is 16.9 Å². The van der Waals surface area contributed by atoms with Crippen LogP contribution in [0.3, 0.4) is 0 Å². The molecular weight excluding hydrogens is 372 g/mol. The molecule has 0 aromatic heterocycles. The number of benzene rings is 2. The zero-order valence-electron chi connectivity index (χ0n) is 17.0. The zero-order valence-corrected chi connectivity index (χ0v) is 17.8. The van der Waals surface area contributed by atoms with E-state index in [0.29, 0.717) is 17.0 Å². The molecule has 2 aromatic rings. The van der Waals surface area contributed by atoms with E-state index in [4.69, 9.17) is 10.5 Å². The lowest BCUT2D eigenvalue weighted by atomic mass is 9.75. The molecule has 0 spiro atoms. The summed E-state index contributed by atoms with van der Waals surface area (Å²) in [5, 5.41) is 3.71. The van der Waals surface area contributed by atoms with Gasteiger partial charge in [-0.05, 0) is 66.5 Å². The Bertz CT molecular complexity index is 793. The third-order valence-electron chi connectivity index (χ3n) is 5.68. The summed E-state index contributed by atoms with van der Waals surface area (Å²) in [6.07, 6.45) is 5.05. The number of amides is 1. The zero-order chi connectivity index (χ0) is 19.4. The molecule has 0 bridgehead atoms. The summed E-state index contributed by atoms with van der Waals surface area (Å²) in [5.74, 6) is 0.409. The molecule has 4 nitrogen and oxygen atoms in total. The number of methoxy groups -OCH3 is 1. The van der Waals surface area contributed by atoms with Gasteiger partial charge in [-0.25, -0.2) is 0 Å². The third kappa shape index (κ3) is 5.49. The minimum Gasteiger partial charge on any atom is -0.496 e. The Hall–Kier alpha value is -2.04. The molecule has 28 heavy (non-hydrogen) atoms. The van der Waals surface area contributed by atoms with Crippen molar-refractivity contribution in [2.75, 3.05) is 7.11 Å². The normalized spacial score (nSPS) is 16.2. The summed E-state index contributed by atoms with van der Waals surface area (Å²) < 4.78 is 5.54. The summed E-state index contributed by atoms with van der Waals surface area (Å²) in [6, 6.07) is 14.2. The minimum atomic E-state index is -0.415. The highest BCUT2D eigenvalue weighted by molar-refractivity contribution is 5.93. The van der Waals surface area contributed by atoms with Crippen LogP contribution >= 0.6 is 12.4 Å². The van der Waals surface area contributed by atoms with E-state index < -0.39 is 5.91 Å². The van der Waals surface area contributed by atoms with E-state index in [1.165, 1.54) is 31.2 Å². The number of hydrogen-bond acceptors (Lipinski definition) is 3. The van der Waals surface area contributed by atoms with Gasteiger partial charge in [-0.2, -0.15) is 0 Å². The van der Waals surface area contributed by atoms with Crippen molar-refractivity contribution in [3.63, 3.8) is 0 Å². The molecule has 0 radical (unpaired) electrons. The van der Waals surface area contributed by atoms with E-state index in [9.17, 15) is 4.79 Å². The number of carbonyl (C=O) groups is 1. The van der Waals surface area contributed by atoms with Crippen LogP contribution in [0.1, 0.15) is 55.5 Å². The molecule has 5 heteroatoms. The van der Waals surface area contributed by atoms with Crippen molar-refractivity contribution >= 4 is 18.3 Å². The predicted molar refractivity (Wildman–Crippen MR) is 117 cm³/mol. The summed E-state index contributed by atoms with van der Waals surface area (Å²) in [4.78, 5) is 11.3. The summed E-state index contributed by atoms with van der Waals surface area (Å²) in [7, 11) is 1.68. The number of ether oxygens (including phenoxy) is 1. The van der Waals surface area contributed by atoms with Gasteiger partial charge in [0, 0.05) is 23.7 Å². The fourth-order valence-corrected chi connectivity index (χ4v) is 3.77. The van der Waals surface area contributed by atoms with Crippen LogP contribution in [0.25, 0.3) is 11.1 Å². The first-order chi connectivity index (χ1) is 12.9. The van der Waals surface area contributed by atoms with Crippen molar-refractivity contribution < 1.29 is 9.53 Å². The molecule has 0 saturated heterocycles. The van der Waals surface area contributed by atoms with Crippen LogP contribution in [0.15, 0.2) is 42.5 Å². The van der Waals surface area contributed by atoms with Gasteiger partial charge in [0.25, 0.3) is 0 Å². The molecule has 0 atom stereocenters. The molecule has 152 valence electrons. The summed E-state index contributed by atoms with van der Waals surface area (Å²) in [5.41, 5.74) is 9.61. The number of nitrogens with two attached hydrogens (primary N) is 1. The van der Waals surface area contributed by atoms with E-state index in [1.54, 1.807) is 19.2 Å². The Morgan fingerprint density at radius 3 is 2.36 bits per heavy atom. The van der Waals surface area contributed by atoms with E-state index in [-0.39, 0.29) is 12.4 Å². The highest BCUT2D eigenvalue weighted by Crippen LogP contribution is 2.35. The Morgan fingerprint density at radius 1 is 1.14 bits per heavy atom. The standard InChI is InChI=1S/C23H30N2O2.ClH/c1-23(2)12-10-19(11-13-23)25-15-16-4-9-21(27-3)20(14-16)17-5-7-18(8-6-17)22(24)26;/h4-9,14,19,25H,10-13,15H2,1-3H3,(H2,24,26);1H. The number of halogens is 1. The molecule has 1 amide bonds. The fraction of sp³-hybridized carbons (Fsp3) is 0.435. The Labute approximate surface area is 174 Å². The molecule has 1 aliphatic carbocycles. The Morgan fingerprint density at radius 2 is 1.79 bits per heavy atom. The van der Waals surface area contributed by atoms with Gasteiger partial charge < -0.3 is 15.8 Å². The first kappa shape index (κ1) is 22.3. The van der Waals surface area contributed by atoms with Gasteiger partial charge in [0.1, 0.15) is 5.75 Å². The average Bonchev–Trinajstić information content (AvgIpc) is 2.67. The third-order valence-corrected chi connectivity index (χ3v) is 5.68. The number of nitrogens with one attached hydrogen (secondary N) is 1. The van der Waals surface area contributed by atoms with Crippen molar-refractivity contribution in [3.05, 3.63) is 53.6 Å². The van der Waals surface area contributed by atoms with Gasteiger partial charge in [0.2, 0.25) is 5.91 Å². The highest BCUT2D eigenvalue weighted by atomic mass is 35.5. The first-order valence-corrected chi connectivity index (χ1v) is 9.68. The molecular formula is C23H31ClN2O2. The number of hydrogen-bond donors (Lipinski definition) is 2. The molecule has 1 aliphatic rings. The van der Waals surface area contributed by atoms with Crippen LogP contribution < -0.4 is 15.8 Å². The number of primary amides is 1. The smallest absolute Gasteiger partial charge is 0.248 e. The molecule has 1 saturated carbocycles. The highest BCUT2D eigenvalue weighted by Gasteiger charge is 2.26. The van der Waals surface area contributed by atoms with Gasteiger partial charge in [-0.1, -0.05) is 32.0 Å². The molecule has 0 heterocycles. The van der Waals surface area contributed by atoms with Crippen molar-refractivity contribution in [2.45, 2.75) is 52.1 Å². The van der Waals surface area contributed by atoms with Crippen LogP contribution in [0.4, 0.5) is 0 Å².